The van der Waals surface area contributed by atoms with Crippen molar-refractivity contribution in [1.82, 2.24) is 5.32 Å². The number of cyclic esters (lactones) is 1. The van der Waals surface area contributed by atoms with E-state index < -0.39 is 18.1 Å². The second-order valence-corrected chi connectivity index (χ2v) is 7.15. The van der Waals surface area contributed by atoms with Crippen molar-refractivity contribution < 1.29 is 19.1 Å². The lowest BCUT2D eigenvalue weighted by atomic mass is 9.99. The number of alkyl carbamates (subject to hydrolysis) is 1. The van der Waals surface area contributed by atoms with Gasteiger partial charge in [-0.3, -0.25) is 0 Å². The summed E-state index contributed by atoms with van der Waals surface area (Å²) in [7, 11) is 0. The third kappa shape index (κ3) is 6.40. The van der Waals surface area contributed by atoms with Crippen LogP contribution in [0.5, 0.6) is 0 Å². The Morgan fingerprint density at radius 2 is 1.96 bits per heavy atom. The van der Waals surface area contributed by atoms with Gasteiger partial charge >= 0.3 is 12.1 Å². The third-order valence-electron chi connectivity index (χ3n) is 4.39. The number of carbonyl (C=O) groups excluding carboxylic acids is 2. The molecular formula is C20H29NO4. The van der Waals surface area contributed by atoms with Gasteiger partial charge in [0.05, 0.1) is 0 Å². The summed E-state index contributed by atoms with van der Waals surface area (Å²) in [6.07, 6.45) is 3.83. The van der Waals surface area contributed by atoms with E-state index in [1.807, 2.05) is 6.07 Å². The summed E-state index contributed by atoms with van der Waals surface area (Å²) in [5.41, 5.74) is 1.33. The molecule has 25 heavy (non-hydrogen) atoms. The minimum atomic E-state index is -0.578. The normalized spacial score (nSPS) is 20.6. The van der Waals surface area contributed by atoms with Gasteiger partial charge in [-0.05, 0) is 50.5 Å². The Bertz CT molecular complexity index is 558. The lowest BCUT2D eigenvalue weighted by Crippen LogP contribution is -2.58. The first-order valence-corrected chi connectivity index (χ1v) is 9.17. The predicted octanol–water partition coefficient (Wildman–Crippen LogP) is 3.85. The molecule has 5 nitrogen and oxygen atoms in total. The van der Waals surface area contributed by atoms with E-state index in [0.29, 0.717) is 5.92 Å². The van der Waals surface area contributed by atoms with E-state index in [2.05, 4.69) is 43.4 Å². The highest BCUT2D eigenvalue weighted by Crippen LogP contribution is 2.18. The molecule has 5 heteroatoms. The first kappa shape index (κ1) is 19.3. The number of nitrogens with one attached hydrogen (secondary N) is 1. The Morgan fingerprint density at radius 3 is 2.56 bits per heavy atom. The molecule has 1 aromatic carbocycles. The smallest absolute Gasteiger partial charge is 0.408 e. The molecule has 1 heterocycles. The Hall–Kier alpha value is -2.04. The maximum Gasteiger partial charge on any atom is 0.408 e. The average Bonchev–Trinajstić information content (AvgIpc) is 2.57. The Kier molecular flexibility index (Phi) is 7.29. The average molecular weight is 347 g/mol. The molecule has 1 saturated heterocycles. The number of amides is 1. The second-order valence-electron chi connectivity index (χ2n) is 7.15. The van der Waals surface area contributed by atoms with Crippen LogP contribution in [-0.2, 0) is 20.7 Å². The van der Waals surface area contributed by atoms with Crippen molar-refractivity contribution in [2.45, 2.75) is 71.1 Å². The number of benzene rings is 1. The highest BCUT2D eigenvalue weighted by Gasteiger charge is 2.40. The van der Waals surface area contributed by atoms with Gasteiger partial charge in [-0.15, -0.1) is 0 Å². The summed E-state index contributed by atoms with van der Waals surface area (Å²) in [6, 6.07) is 9.81. The molecule has 0 saturated carbocycles. The van der Waals surface area contributed by atoms with Crippen LogP contribution in [-0.4, -0.2) is 30.3 Å². The van der Waals surface area contributed by atoms with Gasteiger partial charge in [-0.2, -0.15) is 0 Å². The van der Waals surface area contributed by atoms with Crippen LogP contribution in [0.25, 0.3) is 0 Å². The fourth-order valence-corrected chi connectivity index (χ4v) is 3.03. The molecule has 138 valence electrons. The number of carbonyl (C=O) groups is 2. The van der Waals surface area contributed by atoms with E-state index in [0.717, 1.165) is 32.1 Å². The number of ether oxygens (including phenoxy) is 2. The topological polar surface area (TPSA) is 64.6 Å². The van der Waals surface area contributed by atoms with Gasteiger partial charge in [0.1, 0.15) is 12.2 Å². The van der Waals surface area contributed by atoms with Crippen LogP contribution in [0.1, 0.15) is 52.0 Å². The van der Waals surface area contributed by atoms with E-state index >= 15 is 0 Å². The van der Waals surface area contributed by atoms with Crippen LogP contribution in [0, 0.1) is 5.92 Å². The number of esters is 1. The standard InChI is InChI=1S/C20H29NO4/c1-14(2)13-17(12-8-7-11-16-9-5-4-6-10-16)25-20(23)21-18-15(3)24-19(18)22/h4-6,9-10,14-15,17-18H,7-8,11-13H2,1-3H3,(H,21,23). The fourth-order valence-electron chi connectivity index (χ4n) is 3.03. The van der Waals surface area contributed by atoms with Gasteiger partial charge in [-0.25, -0.2) is 9.59 Å². The Labute approximate surface area is 150 Å². The van der Waals surface area contributed by atoms with Crippen molar-refractivity contribution >= 4 is 12.1 Å². The fraction of sp³-hybridized carbons (Fsp3) is 0.600. The first-order valence-electron chi connectivity index (χ1n) is 9.17. The van der Waals surface area contributed by atoms with Crippen molar-refractivity contribution in [3.63, 3.8) is 0 Å². The molecular weight excluding hydrogens is 318 g/mol. The lowest BCUT2D eigenvalue weighted by Gasteiger charge is -2.32. The molecule has 3 unspecified atom stereocenters. The van der Waals surface area contributed by atoms with Gasteiger partial charge < -0.3 is 14.8 Å². The molecule has 3 atom stereocenters. The Morgan fingerprint density at radius 1 is 1.24 bits per heavy atom. The SMILES string of the molecule is CC(C)CC(CCCCc1ccccc1)OC(=O)NC1C(=O)OC1C. The molecule has 1 aliphatic heterocycles. The molecule has 1 fully saturated rings. The molecule has 0 radical (unpaired) electrons. The van der Waals surface area contributed by atoms with E-state index in [9.17, 15) is 9.59 Å². The van der Waals surface area contributed by atoms with E-state index in [4.69, 9.17) is 9.47 Å². The predicted molar refractivity (Wildman–Crippen MR) is 96.2 cm³/mol. The lowest BCUT2D eigenvalue weighted by molar-refractivity contribution is -0.174. The number of aryl methyl sites for hydroxylation is 1. The summed E-state index contributed by atoms with van der Waals surface area (Å²) >= 11 is 0. The largest absolute Gasteiger partial charge is 0.458 e. The van der Waals surface area contributed by atoms with Crippen molar-refractivity contribution in [2.24, 2.45) is 5.92 Å². The number of hydrogen-bond acceptors (Lipinski definition) is 4. The molecule has 1 amide bonds. The minimum absolute atomic E-state index is 0.123. The summed E-state index contributed by atoms with van der Waals surface area (Å²) in [5.74, 6) is 0.0484. The molecule has 0 bridgehead atoms. The van der Waals surface area contributed by atoms with Gasteiger partial charge in [-0.1, -0.05) is 44.2 Å². The maximum absolute atomic E-state index is 12.0. The number of rotatable bonds is 9. The zero-order valence-electron chi connectivity index (χ0n) is 15.4. The molecule has 1 N–H and O–H groups in total. The maximum atomic E-state index is 12.0. The van der Waals surface area contributed by atoms with E-state index in [1.165, 1.54) is 5.56 Å². The van der Waals surface area contributed by atoms with Crippen LogP contribution >= 0.6 is 0 Å². The summed E-state index contributed by atoms with van der Waals surface area (Å²) in [4.78, 5) is 23.3. The minimum Gasteiger partial charge on any atom is -0.458 e. The molecule has 2 rings (SSSR count). The van der Waals surface area contributed by atoms with Crippen LogP contribution in [0.2, 0.25) is 0 Å². The summed E-state index contributed by atoms with van der Waals surface area (Å²) in [6.45, 7) is 5.98. The highest BCUT2D eigenvalue weighted by molar-refractivity contribution is 5.86. The van der Waals surface area contributed by atoms with Crippen LogP contribution in [0.4, 0.5) is 4.79 Å². The van der Waals surface area contributed by atoms with Gasteiger partial charge in [0.25, 0.3) is 0 Å². The molecule has 0 aliphatic carbocycles. The monoisotopic (exact) mass is 347 g/mol. The Balaban J connectivity index is 1.73. The summed E-state index contributed by atoms with van der Waals surface area (Å²) in [5, 5.41) is 2.60. The number of unbranched alkanes of at least 4 members (excludes halogenated alkanes) is 1. The van der Waals surface area contributed by atoms with Crippen molar-refractivity contribution in [3.05, 3.63) is 35.9 Å². The van der Waals surface area contributed by atoms with Crippen molar-refractivity contribution in [1.29, 1.82) is 0 Å². The molecule has 1 aromatic rings. The van der Waals surface area contributed by atoms with Crippen LogP contribution in [0.15, 0.2) is 30.3 Å². The quantitative estimate of drug-likeness (QED) is 0.544. The van der Waals surface area contributed by atoms with E-state index in [-0.39, 0.29) is 12.2 Å². The first-order chi connectivity index (χ1) is 12.0. The zero-order chi connectivity index (χ0) is 18.2. The van der Waals surface area contributed by atoms with Crippen molar-refractivity contribution in [2.75, 3.05) is 0 Å². The van der Waals surface area contributed by atoms with Gasteiger partial charge in [0.15, 0.2) is 6.04 Å². The van der Waals surface area contributed by atoms with Crippen molar-refractivity contribution in [3.8, 4) is 0 Å². The van der Waals surface area contributed by atoms with Gasteiger partial charge in [0.2, 0.25) is 0 Å². The van der Waals surface area contributed by atoms with Crippen LogP contribution in [0.3, 0.4) is 0 Å². The van der Waals surface area contributed by atoms with E-state index in [1.54, 1.807) is 6.92 Å². The zero-order valence-corrected chi connectivity index (χ0v) is 15.4. The molecule has 1 aliphatic rings. The molecule has 0 spiro atoms. The van der Waals surface area contributed by atoms with Crippen LogP contribution < -0.4 is 5.32 Å². The number of hydrogen-bond donors (Lipinski definition) is 1. The third-order valence-corrected chi connectivity index (χ3v) is 4.39. The van der Waals surface area contributed by atoms with Gasteiger partial charge in [0, 0.05) is 0 Å². The second kappa shape index (κ2) is 9.44. The highest BCUT2D eigenvalue weighted by atomic mass is 16.6. The molecule has 0 aromatic heterocycles. The summed E-state index contributed by atoms with van der Waals surface area (Å²) < 4.78 is 10.4.